The van der Waals surface area contributed by atoms with E-state index in [-0.39, 0.29) is 18.4 Å². The Morgan fingerprint density at radius 1 is 0.713 bits per heavy atom. The normalized spacial score (nSPS) is 51.7. The zero-order valence-corrected chi connectivity index (χ0v) is 47.4. The number of hydrogen-bond acceptors (Lipinski definition) is 24. The second-order valence-corrected chi connectivity index (χ2v) is 25.7. The molecule has 0 aromatic rings. The van der Waals surface area contributed by atoms with E-state index < -0.39 is 193 Å². The Morgan fingerprint density at radius 2 is 1.31 bits per heavy atom. The molecule has 24 heteroatoms. The van der Waals surface area contributed by atoms with Crippen molar-refractivity contribution in [2.45, 2.75) is 248 Å². The van der Waals surface area contributed by atoms with Gasteiger partial charge in [0.15, 0.2) is 25.2 Å². The molecule has 0 amide bonds. The SMILES string of the molecule is COC1C(O)C(CO)OC(OC2C(O)C(CO)OC(OC3C(C)OC(OC4C(OC5CCC6(C)C7=CC(O)C89C(=O)OC(C)(CCC=C(C)C)C8C(OC(C)=O)CC9(C)C7CCC6C5(C)C)OCC(O)C4O)C(O)C3O)C2O)C1O. The number of methoxy groups -OCH3 is 1. The molecular formula is C56H88O24. The van der Waals surface area contributed by atoms with E-state index in [0.29, 0.717) is 44.9 Å². The van der Waals surface area contributed by atoms with Gasteiger partial charge < -0.3 is 108 Å². The Balaban J connectivity index is 0.892. The molecular weight excluding hydrogens is 1060 g/mol. The molecule has 8 fully saturated rings. The second kappa shape index (κ2) is 23.1. The maximum atomic E-state index is 14.7. The van der Waals surface area contributed by atoms with Crippen LogP contribution in [-0.2, 0) is 61.7 Å². The van der Waals surface area contributed by atoms with Crippen LogP contribution in [0.25, 0.3) is 0 Å². The molecule has 0 radical (unpaired) electrons. The molecule has 5 heterocycles. The fraction of sp³-hybridized carbons (Fsp3) is 0.893. The van der Waals surface area contributed by atoms with E-state index in [1.807, 2.05) is 26.8 Å². The van der Waals surface area contributed by atoms with Crippen molar-refractivity contribution in [3.63, 3.8) is 0 Å². The molecule has 0 bridgehead atoms. The third kappa shape index (κ3) is 10.2. The van der Waals surface area contributed by atoms with E-state index in [0.717, 1.165) is 11.1 Å². The highest BCUT2D eigenvalue weighted by Gasteiger charge is 2.82. The van der Waals surface area contributed by atoms with Crippen molar-refractivity contribution in [2.24, 2.45) is 39.4 Å². The van der Waals surface area contributed by atoms with Gasteiger partial charge in [-0.25, -0.2) is 0 Å². The van der Waals surface area contributed by atoms with Crippen LogP contribution in [0.5, 0.6) is 0 Å². The van der Waals surface area contributed by atoms with Crippen LogP contribution in [0.3, 0.4) is 0 Å². The summed E-state index contributed by atoms with van der Waals surface area (Å²) in [5.74, 6) is -1.72. The van der Waals surface area contributed by atoms with Crippen molar-refractivity contribution in [1.82, 2.24) is 0 Å². The minimum atomic E-state index is -1.92. The van der Waals surface area contributed by atoms with Gasteiger partial charge in [0.05, 0.1) is 44.1 Å². The third-order valence-corrected chi connectivity index (χ3v) is 20.3. The Morgan fingerprint density at radius 3 is 1.93 bits per heavy atom. The second-order valence-electron chi connectivity index (χ2n) is 25.7. The van der Waals surface area contributed by atoms with Crippen LogP contribution < -0.4 is 0 Å². The first-order chi connectivity index (χ1) is 37.5. The minimum Gasteiger partial charge on any atom is -0.462 e. The summed E-state index contributed by atoms with van der Waals surface area (Å²) in [6, 6.07) is 0. The van der Waals surface area contributed by atoms with Crippen molar-refractivity contribution in [1.29, 1.82) is 0 Å². The quantitative estimate of drug-likeness (QED) is 0.0539. The average molecular weight is 1150 g/mol. The van der Waals surface area contributed by atoms with Crippen molar-refractivity contribution >= 4 is 11.9 Å². The Hall–Kier alpha value is -2.38. The first-order valence-electron chi connectivity index (χ1n) is 28.4. The Labute approximate surface area is 466 Å². The van der Waals surface area contributed by atoms with Crippen LogP contribution in [0.15, 0.2) is 23.3 Å². The molecule has 29 unspecified atom stereocenters. The van der Waals surface area contributed by atoms with Crippen LogP contribution in [0, 0.1) is 39.4 Å². The van der Waals surface area contributed by atoms with Gasteiger partial charge in [0, 0.05) is 14.0 Å². The molecule has 0 aromatic carbocycles. The van der Waals surface area contributed by atoms with E-state index >= 15 is 0 Å². The van der Waals surface area contributed by atoms with Crippen LogP contribution in [0.2, 0.25) is 0 Å². The monoisotopic (exact) mass is 1140 g/mol. The van der Waals surface area contributed by atoms with Crippen LogP contribution in [-0.4, -0.2) is 236 Å². The number of fused-ring (bicyclic) bond motifs is 4. The molecule has 5 saturated heterocycles. The molecule has 9 aliphatic rings. The third-order valence-electron chi connectivity index (χ3n) is 20.3. The van der Waals surface area contributed by atoms with Crippen molar-refractivity contribution in [3.05, 3.63) is 23.3 Å². The maximum Gasteiger partial charge on any atom is 0.316 e. The number of aliphatic hydroxyl groups excluding tert-OH is 11. The van der Waals surface area contributed by atoms with E-state index in [9.17, 15) is 65.8 Å². The zero-order chi connectivity index (χ0) is 58.5. The summed E-state index contributed by atoms with van der Waals surface area (Å²) >= 11 is 0. The molecule has 1 spiro atoms. The van der Waals surface area contributed by atoms with Crippen molar-refractivity contribution in [2.75, 3.05) is 26.9 Å². The predicted molar refractivity (Wildman–Crippen MR) is 273 cm³/mol. The number of cyclic esters (lactones) is 1. The first kappa shape index (κ1) is 62.2. The predicted octanol–water partition coefficient (Wildman–Crippen LogP) is -0.875. The highest BCUT2D eigenvalue weighted by Crippen LogP contribution is 2.76. The lowest BCUT2D eigenvalue weighted by Gasteiger charge is -2.64. The lowest BCUT2D eigenvalue weighted by molar-refractivity contribution is -0.389. The molecule has 80 heavy (non-hydrogen) atoms. The summed E-state index contributed by atoms with van der Waals surface area (Å²) in [6.07, 6.45) is -24.6. The summed E-state index contributed by atoms with van der Waals surface area (Å²) in [5, 5.41) is 122. The summed E-state index contributed by atoms with van der Waals surface area (Å²) in [4.78, 5) is 27.5. The van der Waals surface area contributed by atoms with E-state index in [2.05, 4.69) is 33.8 Å². The maximum absolute atomic E-state index is 14.7. The molecule has 24 nitrogen and oxygen atoms in total. The molecule has 9 rings (SSSR count). The van der Waals surface area contributed by atoms with Gasteiger partial charge in [-0.1, -0.05) is 51.0 Å². The van der Waals surface area contributed by atoms with Gasteiger partial charge in [0.2, 0.25) is 0 Å². The fourth-order valence-corrected chi connectivity index (χ4v) is 16.4. The zero-order valence-electron chi connectivity index (χ0n) is 47.4. The molecule has 5 aliphatic heterocycles. The molecule has 29 atom stereocenters. The van der Waals surface area contributed by atoms with Gasteiger partial charge in [-0.2, -0.15) is 0 Å². The highest BCUT2D eigenvalue weighted by atomic mass is 16.8. The van der Waals surface area contributed by atoms with E-state index in [1.54, 1.807) is 0 Å². The van der Waals surface area contributed by atoms with Crippen LogP contribution in [0.4, 0.5) is 0 Å². The minimum absolute atomic E-state index is 0.0467. The number of hydrogen-bond donors (Lipinski definition) is 11. The van der Waals surface area contributed by atoms with Gasteiger partial charge in [-0.05, 0) is 101 Å². The van der Waals surface area contributed by atoms with Crippen molar-refractivity contribution < 1.29 is 118 Å². The summed E-state index contributed by atoms with van der Waals surface area (Å²) < 4.78 is 65.9. The van der Waals surface area contributed by atoms with Gasteiger partial charge in [0.25, 0.3) is 0 Å². The average Bonchev–Trinajstić information content (AvgIpc) is 2.44. The van der Waals surface area contributed by atoms with Crippen LogP contribution in [0.1, 0.15) is 107 Å². The number of carbonyl (C=O) groups is 2. The Kier molecular flexibility index (Phi) is 18.0. The van der Waals surface area contributed by atoms with E-state index in [4.69, 9.17) is 52.1 Å². The lowest BCUT2D eigenvalue weighted by atomic mass is 9.40. The summed E-state index contributed by atoms with van der Waals surface area (Å²) in [5.41, 5.74) is -2.12. The Bertz CT molecular complexity index is 2280. The van der Waals surface area contributed by atoms with Gasteiger partial charge >= 0.3 is 11.9 Å². The number of ether oxygens (including phenoxy) is 11. The largest absolute Gasteiger partial charge is 0.462 e. The number of aliphatic hydroxyl groups is 11. The first-order valence-corrected chi connectivity index (χ1v) is 28.4. The van der Waals surface area contributed by atoms with Gasteiger partial charge in [-0.3, -0.25) is 9.59 Å². The van der Waals surface area contributed by atoms with Crippen molar-refractivity contribution in [3.8, 4) is 0 Å². The molecule has 4 aliphatic carbocycles. The van der Waals surface area contributed by atoms with Gasteiger partial charge in [-0.15, -0.1) is 0 Å². The van der Waals surface area contributed by atoms with Gasteiger partial charge in [0.1, 0.15) is 103 Å². The van der Waals surface area contributed by atoms with Crippen LogP contribution >= 0.6 is 0 Å². The number of allylic oxidation sites excluding steroid dienone is 3. The molecule has 0 aromatic heterocycles. The molecule has 11 N–H and O–H groups in total. The number of carbonyl (C=O) groups excluding carboxylic acids is 2. The highest BCUT2D eigenvalue weighted by molar-refractivity contribution is 5.85. The topological polar surface area (TPSA) is 358 Å². The summed E-state index contributed by atoms with van der Waals surface area (Å²) in [6.45, 7) is 15.4. The fourth-order valence-electron chi connectivity index (χ4n) is 16.4. The summed E-state index contributed by atoms with van der Waals surface area (Å²) in [7, 11) is 1.20. The lowest BCUT2D eigenvalue weighted by Crippen LogP contribution is -2.67. The molecule has 3 saturated carbocycles. The number of rotatable bonds is 15. The number of esters is 2. The molecule has 456 valence electrons. The van der Waals surface area contributed by atoms with E-state index in [1.165, 1.54) is 21.0 Å². The standard InChI is InChI=1S/C56H88O24/c1-23(2)12-11-16-55(9)46-29(73-25(4)59)19-54(8)26-13-14-32-52(5,6)34(15-17-53(32,7)27(26)18-33(61)56(46,54)51(69)80-55)76-50-45(35(62)28(60)22-71-50)79-47-39(66)38(65)42(24(3)72-47)77-49-41(68)44(37(64)31(21-58)75-49)78-48-40(67)43(70-10)36(63)30(20-57)74-48/h12,18,24,26,28-50,57-58,60-68H,11,13-17,19-22H2,1-10H3. The smallest absolute Gasteiger partial charge is 0.316 e.